The van der Waals surface area contributed by atoms with Gasteiger partial charge in [0.05, 0.1) is 7.11 Å². The lowest BCUT2D eigenvalue weighted by molar-refractivity contribution is 0.0323. The summed E-state index contributed by atoms with van der Waals surface area (Å²) in [6.45, 7) is -1.47. The van der Waals surface area contributed by atoms with Crippen LogP contribution in [-0.4, -0.2) is 38.9 Å². The van der Waals surface area contributed by atoms with Crippen molar-refractivity contribution in [3.8, 4) is 0 Å². The molecule has 80 valence electrons. The molecule has 0 saturated heterocycles. The minimum Gasteiger partial charge on any atom is -0.437 e. The molecule has 0 aliphatic carbocycles. The van der Waals surface area contributed by atoms with Crippen LogP contribution in [0.4, 0.5) is 18.8 Å². The maximum atomic E-state index is 11.4. The van der Waals surface area contributed by atoms with Crippen LogP contribution in [0.15, 0.2) is 0 Å². The predicted octanol–water partition coefficient (Wildman–Crippen LogP) is 1.01. The van der Waals surface area contributed by atoms with Gasteiger partial charge in [0.25, 0.3) is 0 Å². The van der Waals surface area contributed by atoms with Gasteiger partial charge in [0.15, 0.2) is 0 Å². The molecular weight excluding hydrogens is 203 g/mol. The second kappa shape index (κ2) is 6.63. The minimum atomic E-state index is -1.61. The summed E-state index contributed by atoms with van der Waals surface area (Å²) in [5, 5.41) is 0. The third-order valence-corrected chi connectivity index (χ3v) is 0.797. The van der Waals surface area contributed by atoms with E-state index in [1.54, 1.807) is 0 Å². The van der Waals surface area contributed by atoms with Crippen LogP contribution in [0, 0.1) is 0 Å². The van der Waals surface area contributed by atoms with Crippen LogP contribution in [-0.2, 0) is 18.9 Å². The van der Waals surface area contributed by atoms with Gasteiger partial charge in [-0.15, -0.1) is 0 Å². The number of carbonyl (C=O) groups is 3. The summed E-state index contributed by atoms with van der Waals surface area (Å²) in [5.41, 5.74) is 0. The smallest absolute Gasteiger partial charge is 0.437 e. The number of hydrogen-bond donors (Lipinski definition) is 0. The summed E-state index contributed by atoms with van der Waals surface area (Å²) in [5.74, 6) is 0. The van der Waals surface area contributed by atoms with Gasteiger partial charge in [-0.05, 0) is 0 Å². The fraction of sp³-hybridized carbons (Fsp3) is 0.500. The van der Waals surface area contributed by atoms with Gasteiger partial charge in [0.1, 0.15) is 13.3 Å². The van der Waals surface area contributed by atoms with E-state index in [0.717, 1.165) is 7.11 Å². The molecule has 0 rings (SSSR count). The Labute approximate surface area is 77.7 Å². The normalized spacial score (nSPS) is 8.71. The van der Waals surface area contributed by atoms with Crippen molar-refractivity contribution in [2.75, 3.05) is 20.4 Å². The first-order valence-corrected chi connectivity index (χ1v) is 3.30. The molecular formula is C6H7FO7. The molecule has 0 aliphatic rings. The average molecular weight is 210 g/mol. The van der Waals surface area contributed by atoms with Gasteiger partial charge >= 0.3 is 18.5 Å². The van der Waals surface area contributed by atoms with Gasteiger partial charge in [-0.1, -0.05) is 0 Å². The van der Waals surface area contributed by atoms with Crippen LogP contribution in [0.1, 0.15) is 0 Å². The molecule has 0 aromatic heterocycles. The summed E-state index contributed by atoms with van der Waals surface area (Å²) in [6, 6.07) is 0. The Hall–Kier alpha value is -1.86. The summed E-state index contributed by atoms with van der Waals surface area (Å²) < 4.78 is 26.8. The Kier molecular flexibility index (Phi) is 5.75. The zero-order valence-corrected chi connectivity index (χ0v) is 7.15. The van der Waals surface area contributed by atoms with Crippen LogP contribution in [0.2, 0.25) is 0 Å². The SMILES string of the molecule is COC(=O)OC(=O)OC(=O)OCCF. The molecule has 0 radical (unpaired) electrons. The molecule has 0 fully saturated rings. The highest BCUT2D eigenvalue weighted by Gasteiger charge is 2.17. The second-order valence-corrected chi connectivity index (χ2v) is 1.70. The van der Waals surface area contributed by atoms with Crippen molar-refractivity contribution in [1.82, 2.24) is 0 Å². The van der Waals surface area contributed by atoms with E-state index in [0.29, 0.717) is 0 Å². The topological polar surface area (TPSA) is 88.1 Å². The molecule has 0 aromatic carbocycles. The summed E-state index contributed by atoms with van der Waals surface area (Å²) in [6.07, 6.45) is -4.41. The maximum Gasteiger partial charge on any atom is 0.528 e. The third kappa shape index (κ3) is 5.75. The average Bonchev–Trinajstić information content (AvgIpc) is 2.14. The number of alkyl halides is 1. The fourth-order valence-electron chi connectivity index (χ4n) is 0.350. The minimum absolute atomic E-state index is 0.551. The first-order chi connectivity index (χ1) is 6.60. The molecule has 0 saturated carbocycles. The van der Waals surface area contributed by atoms with Crippen molar-refractivity contribution in [2.45, 2.75) is 0 Å². The molecule has 0 bridgehead atoms. The molecule has 0 aliphatic heterocycles. The lowest BCUT2D eigenvalue weighted by atomic mass is 10.8. The highest BCUT2D eigenvalue weighted by Crippen LogP contribution is 1.92. The monoisotopic (exact) mass is 210 g/mol. The van der Waals surface area contributed by atoms with E-state index in [2.05, 4.69) is 18.9 Å². The number of hydrogen-bond acceptors (Lipinski definition) is 7. The van der Waals surface area contributed by atoms with Gasteiger partial charge in [-0.25, -0.2) is 18.8 Å². The summed E-state index contributed by atoms with van der Waals surface area (Å²) in [7, 11) is 0.955. The lowest BCUT2D eigenvalue weighted by Gasteiger charge is -2.01. The molecule has 0 N–H and O–H groups in total. The van der Waals surface area contributed by atoms with Gasteiger partial charge in [0.2, 0.25) is 0 Å². The van der Waals surface area contributed by atoms with Crippen LogP contribution < -0.4 is 0 Å². The number of ether oxygens (including phenoxy) is 4. The summed E-state index contributed by atoms with van der Waals surface area (Å²) in [4.78, 5) is 31.1. The van der Waals surface area contributed by atoms with Crippen LogP contribution in [0.5, 0.6) is 0 Å². The van der Waals surface area contributed by atoms with E-state index in [1.165, 1.54) is 0 Å². The van der Waals surface area contributed by atoms with Crippen LogP contribution >= 0.6 is 0 Å². The van der Waals surface area contributed by atoms with Crippen molar-refractivity contribution in [1.29, 1.82) is 0 Å². The van der Waals surface area contributed by atoms with Gasteiger partial charge < -0.3 is 18.9 Å². The largest absolute Gasteiger partial charge is 0.528 e. The van der Waals surface area contributed by atoms with E-state index in [1.807, 2.05) is 0 Å². The maximum absolute atomic E-state index is 11.4. The highest BCUT2D eigenvalue weighted by atomic mass is 19.1. The Balaban J connectivity index is 3.71. The molecule has 0 amide bonds. The molecule has 0 spiro atoms. The van der Waals surface area contributed by atoms with Crippen molar-refractivity contribution in [3.05, 3.63) is 0 Å². The van der Waals surface area contributed by atoms with E-state index in [-0.39, 0.29) is 0 Å². The highest BCUT2D eigenvalue weighted by molar-refractivity contribution is 5.83. The predicted molar refractivity (Wildman–Crippen MR) is 37.3 cm³/mol. The quantitative estimate of drug-likeness (QED) is 0.496. The number of halogens is 1. The molecule has 8 heteroatoms. The third-order valence-electron chi connectivity index (χ3n) is 0.797. The van der Waals surface area contributed by atoms with Gasteiger partial charge in [0, 0.05) is 0 Å². The second-order valence-electron chi connectivity index (χ2n) is 1.70. The Bertz CT molecular complexity index is 226. The van der Waals surface area contributed by atoms with E-state index in [9.17, 15) is 18.8 Å². The number of carbonyl (C=O) groups excluding carboxylic acids is 3. The zero-order chi connectivity index (χ0) is 11.0. The molecule has 0 aromatic rings. The molecule has 14 heavy (non-hydrogen) atoms. The van der Waals surface area contributed by atoms with Crippen LogP contribution in [0.25, 0.3) is 0 Å². The fourth-order valence-corrected chi connectivity index (χ4v) is 0.350. The molecule has 7 nitrogen and oxygen atoms in total. The van der Waals surface area contributed by atoms with E-state index < -0.39 is 31.7 Å². The molecule has 0 atom stereocenters. The first-order valence-electron chi connectivity index (χ1n) is 3.30. The first kappa shape index (κ1) is 12.1. The van der Waals surface area contributed by atoms with Crippen molar-refractivity contribution in [2.24, 2.45) is 0 Å². The van der Waals surface area contributed by atoms with E-state index >= 15 is 0 Å². The molecule has 0 heterocycles. The van der Waals surface area contributed by atoms with Crippen molar-refractivity contribution in [3.63, 3.8) is 0 Å². The lowest BCUT2D eigenvalue weighted by Crippen LogP contribution is -2.19. The van der Waals surface area contributed by atoms with Crippen molar-refractivity contribution >= 4 is 18.5 Å². The standard InChI is InChI=1S/C6H7FO7/c1-11-4(8)13-6(10)14-5(9)12-3-2-7/h2-3H2,1H3. The number of methoxy groups -OCH3 is 1. The van der Waals surface area contributed by atoms with E-state index in [4.69, 9.17) is 0 Å². The van der Waals surface area contributed by atoms with Crippen LogP contribution in [0.3, 0.4) is 0 Å². The van der Waals surface area contributed by atoms with Gasteiger partial charge in [-0.2, -0.15) is 0 Å². The number of rotatable bonds is 2. The Morgan fingerprint density at radius 1 is 1.07 bits per heavy atom. The Morgan fingerprint density at radius 3 is 2.14 bits per heavy atom. The molecule has 0 unspecified atom stereocenters. The summed E-state index contributed by atoms with van der Waals surface area (Å²) >= 11 is 0. The zero-order valence-electron chi connectivity index (χ0n) is 7.15. The van der Waals surface area contributed by atoms with Crippen molar-refractivity contribution < 1.29 is 37.7 Å². The Morgan fingerprint density at radius 2 is 1.64 bits per heavy atom. The van der Waals surface area contributed by atoms with Gasteiger partial charge in [-0.3, -0.25) is 0 Å².